The first-order valence-electron chi connectivity index (χ1n) is 10.9. The maximum atomic E-state index is 13.0. The molecule has 3 heterocycles. The van der Waals surface area contributed by atoms with Crippen LogP contribution in [0, 0.1) is 5.92 Å². The molecule has 2 N–H and O–H groups in total. The van der Waals surface area contributed by atoms with E-state index in [1.807, 2.05) is 11.0 Å². The molecule has 8 heteroatoms. The van der Waals surface area contributed by atoms with Crippen LogP contribution in [0.25, 0.3) is 11.4 Å². The number of piperazine rings is 1. The molecule has 1 atom stereocenters. The van der Waals surface area contributed by atoms with Crippen molar-refractivity contribution in [2.75, 3.05) is 38.5 Å². The fraction of sp³-hybridized carbons (Fsp3) is 0.333. The van der Waals surface area contributed by atoms with Crippen LogP contribution in [0.15, 0.2) is 48.8 Å². The van der Waals surface area contributed by atoms with Crippen LogP contribution in [-0.2, 0) is 17.6 Å². The van der Waals surface area contributed by atoms with Crippen molar-refractivity contribution in [2.24, 2.45) is 5.92 Å². The van der Waals surface area contributed by atoms with E-state index in [-0.39, 0.29) is 17.6 Å². The van der Waals surface area contributed by atoms with Crippen LogP contribution >= 0.6 is 0 Å². The lowest BCUT2D eigenvalue weighted by molar-refractivity contribution is -0.136. The van der Waals surface area contributed by atoms with Crippen LogP contribution < -0.4 is 5.32 Å². The van der Waals surface area contributed by atoms with Crippen LogP contribution in [0.3, 0.4) is 0 Å². The molecular weight excluding hydrogens is 404 g/mol. The average Bonchev–Trinajstić information content (AvgIpc) is 3.23. The normalized spacial score (nSPS) is 18.4. The quantitative estimate of drug-likeness (QED) is 0.657. The van der Waals surface area contributed by atoms with Gasteiger partial charge in [-0.1, -0.05) is 6.07 Å². The highest BCUT2D eigenvalue weighted by molar-refractivity contribution is 5.81. The van der Waals surface area contributed by atoms with Gasteiger partial charge in [-0.3, -0.25) is 9.78 Å². The third-order valence-electron chi connectivity index (χ3n) is 6.22. The zero-order valence-electron chi connectivity index (χ0n) is 18.0. The number of pyridine rings is 1. The van der Waals surface area contributed by atoms with E-state index in [2.05, 4.69) is 44.3 Å². The topological polar surface area (TPSA) is 94.5 Å². The Kier molecular flexibility index (Phi) is 5.45. The van der Waals surface area contributed by atoms with Gasteiger partial charge in [-0.05, 0) is 55.3 Å². The van der Waals surface area contributed by atoms with Crippen molar-refractivity contribution in [2.45, 2.75) is 12.8 Å². The van der Waals surface area contributed by atoms with E-state index in [0.29, 0.717) is 17.3 Å². The molecule has 1 saturated heterocycles. The molecule has 5 rings (SSSR count). The standard InChI is InChI=1S/C24H26N6O2/c1-29-8-10-30(11-9-29)23(32)18-12-16-2-3-19(14-17(16)13-18)27-24-26-7-5-21(28-24)22-15-20(31)4-6-25-22/h2-7,14-15,18H,8-13H2,1H3,(H,25,31)(H,26,27,28). The Balaban J connectivity index is 1.28. The predicted octanol–water partition coefficient (Wildman–Crippen LogP) is 2.48. The first-order valence-corrected chi connectivity index (χ1v) is 10.9. The van der Waals surface area contributed by atoms with Gasteiger partial charge in [-0.15, -0.1) is 0 Å². The summed E-state index contributed by atoms with van der Waals surface area (Å²) in [5, 5.41) is 13.0. The minimum absolute atomic E-state index is 0.0278. The van der Waals surface area contributed by atoms with Crippen molar-refractivity contribution >= 4 is 17.5 Å². The van der Waals surface area contributed by atoms with Gasteiger partial charge in [-0.25, -0.2) is 9.97 Å². The summed E-state index contributed by atoms with van der Waals surface area (Å²) < 4.78 is 0. The van der Waals surface area contributed by atoms with E-state index < -0.39 is 0 Å². The van der Waals surface area contributed by atoms with Gasteiger partial charge in [0.05, 0.1) is 11.4 Å². The number of aromatic nitrogens is 3. The van der Waals surface area contributed by atoms with Crippen LogP contribution in [-0.4, -0.2) is 69.0 Å². The molecule has 2 aliphatic rings. The summed E-state index contributed by atoms with van der Waals surface area (Å²) in [7, 11) is 2.10. The van der Waals surface area contributed by atoms with Gasteiger partial charge in [0, 0.05) is 56.2 Å². The third kappa shape index (κ3) is 4.27. The molecule has 0 spiro atoms. The van der Waals surface area contributed by atoms with Crippen molar-refractivity contribution < 1.29 is 9.90 Å². The van der Waals surface area contributed by atoms with Crippen molar-refractivity contribution in [1.82, 2.24) is 24.8 Å². The first kappa shape index (κ1) is 20.4. The zero-order valence-corrected chi connectivity index (χ0v) is 18.0. The molecule has 0 bridgehead atoms. The molecule has 164 valence electrons. The van der Waals surface area contributed by atoms with Crippen molar-refractivity contribution in [3.05, 3.63) is 59.9 Å². The average molecular weight is 431 g/mol. The van der Waals surface area contributed by atoms with Crippen LogP contribution in [0.5, 0.6) is 5.75 Å². The highest BCUT2D eigenvalue weighted by Gasteiger charge is 2.31. The number of fused-ring (bicyclic) bond motifs is 1. The molecule has 1 aliphatic heterocycles. The number of likely N-dealkylation sites (N-methyl/N-ethyl adjacent to an activating group) is 1. The monoisotopic (exact) mass is 430 g/mol. The van der Waals surface area contributed by atoms with E-state index in [1.165, 1.54) is 17.2 Å². The number of rotatable bonds is 4. The molecule has 2 aromatic heterocycles. The number of nitrogens with one attached hydrogen (secondary N) is 1. The summed E-state index contributed by atoms with van der Waals surface area (Å²) in [6, 6.07) is 11.0. The minimum Gasteiger partial charge on any atom is -0.508 e. The Morgan fingerprint density at radius 1 is 0.969 bits per heavy atom. The minimum atomic E-state index is 0.0278. The first-order chi connectivity index (χ1) is 15.5. The number of amides is 1. The van der Waals surface area contributed by atoms with E-state index in [4.69, 9.17) is 0 Å². The fourth-order valence-corrected chi connectivity index (χ4v) is 4.41. The molecule has 1 aromatic carbocycles. The highest BCUT2D eigenvalue weighted by atomic mass is 16.3. The number of hydrogen-bond donors (Lipinski definition) is 2. The highest BCUT2D eigenvalue weighted by Crippen LogP contribution is 2.31. The van der Waals surface area contributed by atoms with Crippen LogP contribution in [0.1, 0.15) is 11.1 Å². The second kappa shape index (κ2) is 8.55. The van der Waals surface area contributed by atoms with Gasteiger partial charge in [0.2, 0.25) is 11.9 Å². The maximum Gasteiger partial charge on any atom is 0.227 e. The number of anilines is 2. The molecule has 1 aliphatic carbocycles. The molecule has 1 amide bonds. The summed E-state index contributed by atoms with van der Waals surface area (Å²) in [5.41, 5.74) is 4.53. The van der Waals surface area contributed by atoms with Gasteiger partial charge < -0.3 is 20.2 Å². The van der Waals surface area contributed by atoms with Crippen molar-refractivity contribution in [3.63, 3.8) is 0 Å². The number of carbonyl (C=O) groups is 1. The molecular formula is C24H26N6O2. The van der Waals surface area contributed by atoms with Gasteiger partial charge in [-0.2, -0.15) is 0 Å². The molecule has 8 nitrogen and oxygen atoms in total. The molecule has 0 radical (unpaired) electrons. The second-order valence-corrected chi connectivity index (χ2v) is 8.51. The van der Waals surface area contributed by atoms with Gasteiger partial charge in [0.25, 0.3) is 0 Å². The van der Waals surface area contributed by atoms with Crippen LogP contribution in [0.4, 0.5) is 11.6 Å². The Bertz CT molecular complexity index is 1140. The van der Waals surface area contributed by atoms with E-state index in [9.17, 15) is 9.90 Å². The summed E-state index contributed by atoms with van der Waals surface area (Å²) in [6.07, 6.45) is 4.77. The Morgan fingerprint density at radius 3 is 2.56 bits per heavy atom. The number of aromatic hydroxyl groups is 1. The summed E-state index contributed by atoms with van der Waals surface area (Å²) in [6.45, 7) is 3.51. The molecule has 32 heavy (non-hydrogen) atoms. The molecule has 1 unspecified atom stereocenters. The summed E-state index contributed by atoms with van der Waals surface area (Å²) in [4.78, 5) is 30.4. The van der Waals surface area contributed by atoms with E-state index in [1.54, 1.807) is 24.5 Å². The van der Waals surface area contributed by atoms with Crippen molar-refractivity contribution in [1.29, 1.82) is 0 Å². The molecule has 0 saturated carbocycles. The zero-order chi connectivity index (χ0) is 22.1. The van der Waals surface area contributed by atoms with Gasteiger partial charge in [0.1, 0.15) is 5.75 Å². The van der Waals surface area contributed by atoms with Gasteiger partial charge in [0.15, 0.2) is 0 Å². The summed E-state index contributed by atoms with van der Waals surface area (Å²) >= 11 is 0. The van der Waals surface area contributed by atoms with Crippen molar-refractivity contribution in [3.8, 4) is 17.1 Å². The largest absolute Gasteiger partial charge is 0.508 e. The maximum absolute atomic E-state index is 13.0. The lowest BCUT2D eigenvalue weighted by atomic mass is 10.0. The van der Waals surface area contributed by atoms with E-state index in [0.717, 1.165) is 44.7 Å². The number of benzene rings is 1. The lowest BCUT2D eigenvalue weighted by Crippen LogP contribution is -2.49. The molecule has 3 aromatic rings. The Labute approximate surface area is 187 Å². The number of carbonyl (C=O) groups excluding carboxylic acids is 1. The smallest absolute Gasteiger partial charge is 0.227 e. The van der Waals surface area contributed by atoms with E-state index >= 15 is 0 Å². The lowest BCUT2D eigenvalue weighted by Gasteiger charge is -2.34. The number of hydrogen-bond acceptors (Lipinski definition) is 7. The van der Waals surface area contributed by atoms with Crippen LogP contribution in [0.2, 0.25) is 0 Å². The Hall–Kier alpha value is -3.52. The van der Waals surface area contributed by atoms with Gasteiger partial charge >= 0.3 is 0 Å². The third-order valence-corrected chi connectivity index (χ3v) is 6.22. The number of nitrogens with zero attached hydrogens (tertiary/aromatic N) is 5. The Morgan fingerprint density at radius 2 is 1.75 bits per heavy atom. The summed E-state index contributed by atoms with van der Waals surface area (Å²) in [5.74, 6) is 0.900. The fourth-order valence-electron chi connectivity index (χ4n) is 4.41. The molecule has 1 fully saturated rings. The SMILES string of the molecule is CN1CCN(C(=O)C2Cc3ccc(Nc4nccc(-c5cc(O)ccn5)n4)cc3C2)CC1. The second-order valence-electron chi connectivity index (χ2n) is 8.51. The predicted molar refractivity (Wildman–Crippen MR) is 122 cm³/mol.